The molecule has 1 heterocycles. The summed E-state index contributed by atoms with van der Waals surface area (Å²) in [6, 6.07) is 13.5. The van der Waals surface area contributed by atoms with Crippen molar-refractivity contribution in [3.63, 3.8) is 0 Å². The number of hydrogen-bond acceptors (Lipinski definition) is 4. The first kappa shape index (κ1) is 18.5. The van der Waals surface area contributed by atoms with E-state index >= 15 is 0 Å². The van der Waals surface area contributed by atoms with Crippen LogP contribution in [0.15, 0.2) is 53.7 Å². The number of hydrogen-bond donors (Lipinski definition) is 3. The number of aromatic nitrogens is 1. The molecule has 0 aliphatic rings. The van der Waals surface area contributed by atoms with Gasteiger partial charge in [-0.25, -0.2) is 4.99 Å². The van der Waals surface area contributed by atoms with Crippen LogP contribution in [-0.4, -0.2) is 28.8 Å². The van der Waals surface area contributed by atoms with Crippen LogP contribution in [0.4, 0.5) is 0 Å². The quantitative estimate of drug-likeness (QED) is 0.695. The first-order chi connectivity index (χ1) is 11.2. The number of nitrogens with one attached hydrogen (secondary N) is 1. The summed E-state index contributed by atoms with van der Waals surface area (Å²) in [6.07, 6.45) is 1.39. The fourth-order valence-corrected chi connectivity index (χ4v) is 1.94. The lowest BCUT2D eigenvalue weighted by Gasteiger charge is -2.37. The number of pyridine rings is 1. The molecular weight excluding hydrogens is 301 g/mol. The maximum Gasteiger partial charge on any atom is 0.309 e. The Morgan fingerprint density at radius 3 is 2.33 bits per heavy atom. The van der Waals surface area contributed by atoms with Crippen molar-refractivity contribution in [2.45, 2.75) is 45.1 Å². The van der Waals surface area contributed by atoms with Gasteiger partial charge in [0.15, 0.2) is 0 Å². The Hall–Kier alpha value is -1.89. The molecule has 1 unspecified atom stereocenters. The molecule has 1 aromatic carbocycles. The SMILES string of the molecule is CC(C)(O)C(C)(C)OBc1ccc(C(N)/N=c2/cccc[nH]2)cc1. The van der Waals surface area contributed by atoms with Crippen molar-refractivity contribution in [1.29, 1.82) is 0 Å². The van der Waals surface area contributed by atoms with Crippen LogP contribution >= 0.6 is 0 Å². The van der Waals surface area contributed by atoms with Crippen molar-refractivity contribution in [3.05, 3.63) is 59.7 Å². The number of aromatic amines is 1. The lowest BCUT2D eigenvalue weighted by molar-refractivity contribution is -0.0893. The number of rotatable bonds is 6. The van der Waals surface area contributed by atoms with E-state index in [0.29, 0.717) is 7.48 Å². The second kappa shape index (κ2) is 7.34. The van der Waals surface area contributed by atoms with E-state index in [1.165, 1.54) is 0 Å². The Kier molecular flexibility index (Phi) is 5.64. The molecule has 0 bridgehead atoms. The van der Waals surface area contributed by atoms with E-state index in [2.05, 4.69) is 9.98 Å². The predicted molar refractivity (Wildman–Crippen MR) is 98.0 cm³/mol. The van der Waals surface area contributed by atoms with E-state index in [0.717, 1.165) is 16.5 Å². The molecule has 0 saturated heterocycles. The van der Waals surface area contributed by atoms with Gasteiger partial charge in [0.1, 0.15) is 11.7 Å². The third-order valence-corrected chi connectivity index (χ3v) is 4.37. The van der Waals surface area contributed by atoms with Gasteiger partial charge in [-0.3, -0.25) is 0 Å². The van der Waals surface area contributed by atoms with Gasteiger partial charge < -0.3 is 20.5 Å². The Morgan fingerprint density at radius 1 is 1.12 bits per heavy atom. The summed E-state index contributed by atoms with van der Waals surface area (Å²) in [5.41, 5.74) is 7.26. The topological polar surface area (TPSA) is 83.6 Å². The van der Waals surface area contributed by atoms with Crippen LogP contribution in [0.3, 0.4) is 0 Å². The molecule has 128 valence electrons. The van der Waals surface area contributed by atoms with Crippen LogP contribution in [0.1, 0.15) is 39.4 Å². The van der Waals surface area contributed by atoms with Gasteiger partial charge in [-0.2, -0.15) is 0 Å². The molecule has 2 aromatic rings. The molecule has 4 N–H and O–H groups in total. The van der Waals surface area contributed by atoms with Gasteiger partial charge in [0.2, 0.25) is 0 Å². The molecule has 0 radical (unpaired) electrons. The molecule has 2 rings (SSSR count). The van der Waals surface area contributed by atoms with Crippen molar-refractivity contribution in [2.24, 2.45) is 10.7 Å². The first-order valence-corrected chi connectivity index (χ1v) is 8.07. The van der Waals surface area contributed by atoms with Crippen LogP contribution < -0.4 is 16.7 Å². The zero-order valence-corrected chi connectivity index (χ0v) is 14.8. The molecular formula is C18H26BN3O2. The summed E-state index contributed by atoms with van der Waals surface area (Å²) in [5.74, 6) is 0. The standard InChI is InChI=1S/C18H26BN3O2/c1-17(2,23)18(3,4)24-19-14-10-8-13(9-11-14)16(20)22-15-7-5-6-12-21-15/h5-12,16,19,23H,20H2,1-4H3,(H,21,22). The Labute approximate surface area is 143 Å². The molecule has 0 amide bonds. The fourth-order valence-electron chi connectivity index (χ4n) is 1.94. The highest BCUT2D eigenvalue weighted by Crippen LogP contribution is 2.24. The van der Waals surface area contributed by atoms with Crippen molar-refractivity contribution >= 4 is 12.9 Å². The fraction of sp³-hybridized carbons (Fsp3) is 0.389. The highest BCUT2D eigenvalue weighted by Gasteiger charge is 2.35. The first-order valence-electron chi connectivity index (χ1n) is 8.07. The highest BCUT2D eigenvalue weighted by atomic mass is 16.5. The lowest BCUT2D eigenvalue weighted by atomic mass is 9.82. The van der Waals surface area contributed by atoms with E-state index in [-0.39, 0.29) is 0 Å². The van der Waals surface area contributed by atoms with Crippen molar-refractivity contribution in [2.75, 3.05) is 0 Å². The molecule has 0 aliphatic carbocycles. The summed E-state index contributed by atoms with van der Waals surface area (Å²) in [6.45, 7) is 7.26. The minimum absolute atomic E-state index is 0.425. The summed E-state index contributed by atoms with van der Waals surface area (Å²) >= 11 is 0. The molecule has 0 fully saturated rings. The maximum atomic E-state index is 10.1. The van der Waals surface area contributed by atoms with E-state index in [4.69, 9.17) is 10.4 Å². The van der Waals surface area contributed by atoms with Gasteiger partial charge in [0.25, 0.3) is 0 Å². The number of benzene rings is 1. The zero-order valence-electron chi connectivity index (χ0n) is 14.8. The van der Waals surface area contributed by atoms with Crippen LogP contribution in [0.2, 0.25) is 0 Å². The third kappa shape index (κ3) is 4.80. The number of nitrogens with zero attached hydrogens (tertiary/aromatic N) is 1. The van der Waals surface area contributed by atoms with Crippen molar-refractivity contribution in [1.82, 2.24) is 4.98 Å². The highest BCUT2D eigenvalue weighted by molar-refractivity contribution is 6.47. The monoisotopic (exact) mass is 327 g/mol. The predicted octanol–water partition coefficient (Wildman–Crippen LogP) is 1.12. The van der Waals surface area contributed by atoms with E-state index in [1.807, 2.05) is 62.5 Å². The summed E-state index contributed by atoms with van der Waals surface area (Å²) < 4.78 is 5.87. The second-order valence-corrected chi connectivity index (χ2v) is 6.92. The van der Waals surface area contributed by atoms with E-state index in [9.17, 15) is 5.11 Å². The van der Waals surface area contributed by atoms with E-state index < -0.39 is 17.4 Å². The van der Waals surface area contributed by atoms with Crippen molar-refractivity contribution < 1.29 is 9.76 Å². The molecule has 0 aliphatic heterocycles. The average Bonchev–Trinajstić information content (AvgIpc) is 2.53. The largest absolute Gasteiger partial charge is 0.427 e. The molecule has 1 aromatic heterocycles. The molecule has 0 spiro atoms. The van der Waals surface area contributed by atoms with Gasteiger partial charge in [-0.15, -0.1) is 0 Å². The Morgan fingerprint density at radius 2 is 1.79 bits per heavy atom. The van der Waals surface area contributed by atoms with Gasteiger partial charge in [0, 0.05) is 6.20 Å². The summed E-state index contributed by atoms with van der Waals surface area (Å²) in [5, 5.41) is 10.1. The normalized spacial score (nSPS) is 14.5. The molecule has 5 nitrogen and oxygen atoms in total. The molecule has 0 saturated carbocycles. The number of H-pyrrole nitrogens is 1. The second-order valence-electron chi connectivity index (χ2n) is 6.92. The number of nitrogens with two attached hydrogens (primary N) is 1. The van der Waals surface area contributed by atoms with E-state index in [1.54, 1.807) is 13.8 Å². The lowest BCUT2D eigenvalue weighted by Crippen LogP contribution is -2.49. The Balaban J connectivity index is 2.03. The average molecular weight is 327 g/mol. The Bertz CT molecular complexity index is 701. The third-order valence-electron chi connectivity index (χ3n) is 4.37. The van der Waals surface area contributed by atoms with Gasteiger partial charge >= 0.3 is 7.48 Å². The minimum Gasteiger partial charge on any atom is -0.427 e. The maximum absolute atomic E-state index is 10.1. The van der Waals surface area contributed by atoms with Gasteiger partial charge in [-0.05, 0) is 45.4 Å². The molecule has 6 heteroatoms. The van der Waals surface area contributed by atoms with Gasteiger partial charge in [0.05, 0.1) is 11.2 Å². The van der Waals surface area contributed by atoms with Gasteiger partial charge in [-0.1, -0.05) is 35.8 Å². The summed E-state index contributed by atoms with van der Waals surface area (Å²) in [4.78, 5) is 7.48. The minimum atomic E-state index is -0.916. The van der Waals surface area contributed by atoms with Crippen LogP contribution in [0.5, 0.6) is 0 Å². The van der Waals surface area contributed by atoms with Crippen molar-refractivity contribution in [3.8, 4) is 0 Å². The molecule has 1 atom stereocenters. The van der Waals surface area contributed by atoms with Crippen LogP contribution in [-0.2, 0) is 4.65 Å². The summed E-state index contributed by atoms with van der Waals surface area (Å²) in [7, 11) is 0.427. The zero-order chi connectivity index (χ0) is 17.8. The molecule has 24 heavy (non-hydrogen) atoms. The van der Waals surface area contributed by atoms with Crippen LogP contribution in [0.25, 0.3) is 0 Å². The smallest absolute Gasteiger partial charge is 0.309 e. The van der Waals surface area contributed by atoms with Crippen LogP contribution in [0, 0.1) is 0 Å². The number of aliphatic hydroxyl groups is 1.